The van der Waals surface area contributed by atoms with Crippen molar-refractivity contribution in [2.45, 2.75) is 0 Å². The first-order valence-electron chi connectivity index (χ1n) is 4.17. The molecule has 4 heteroatoms. The molecule has 0 saturated carbocycles. The van der Waals surface area contributed by atoms with Gasteiger partial charge in [0.2, 0.25) is 0 Å². The van der Waals surface area contributed by atoms with E-state index in [1.54, 1.807) is 19.2 Å². The molecule has 4 nitrogen and oxygen atoms in total. The lowest BCUT2D eigenvalue weighted by Crippen LogP contribution is -1.93. The highest BCUT2D eigenvalue weighted by Gasteiger charge is 2.07. The van der Waals surface area contributed by atoms with Crippen molar-refractivity contribution in [1.82, 2.24) is 9.55 Å². The molecule has 0 aliphatic carbocycles. The Labute approximate surface area is 81.4 Å². The average Bonchev–Trinajstić information content (AvgIpc) is 2.55. The van der Waals surface area contributed by atoms with Crippen LogP contribution in [0.15, 0.2) is 18.2 Å². The minimum absolute atomic E-state index is 0.551. The second kappa shape index (κ2) is 3.04. The third-order valence-corrected chi connectivity index (χ3v) is 2.15. The summed E-state index contributed by atoms with van der Waals surface area (Å²) < 4.78 is 6.92. The first-order chi connectivity index (χ1) is 6.76. The molecule has 0 aliphatic rings. The van der Waals surface area contributed by atoms with E-state index in [4.69, 9.17) is 10.00 Å². The Morgan fingerprint density at radius 3 is 2.93 bits per heavy atom. The van der Waals surface area contributed by atoms with Crippen LogP contribution in [0.1, 0.15) is 5.56 Å². The van der Waals surface area contributed by atoms with Crippen molar-refractivity contribution in [3.05, 3.63) is 23.8 Å². The van der Waals surface area contributed by atoms with E-state index in [0.29, 0.717) is 11.6 Å². The largest absolute Gasteiger partial charge is 0.468 e. The molecule has 2 aromatic rings. The van der Waals surface area contributed by atoms with Crippen LogP contribution in [0, 0.1) is 11.3 Å². The van der Waals surface area contributed by atoms with E-state index < -0.39 is 0 Å². The van der Waals surface area contributed by atoms with Gasteiger partial charge in [0.25, 0.3) is 6.01 Å². The van der Waals surface area contributed by atoms with E-state index in [2.05, 4.69) is 11.1 Å². The molecule has 0 radical (unpaired) electrons. The van der Waals surface area contributed by atoms with Crippen LogP contribution < -0.4 is 4.74 Å². The van der Waals surface area contributed by atoms with Gasteiger partial charge >= 0.3 is 0 Å². The van der Waals surface area contributed by atoms with Crippen LogP contribution in [0.5, 0.6) is 6.01 Å². The fourth-order valence-electron chi connectivity index (χ4n) is 1.43. The molecule has 1 heterocycles. The highest BCUT2D eigenvalue weighted by Crippen LogP contribution is 2.20. The van der Waals surface area contributed by atoms with Gasteiger partial charge in [-0.1, -0.05) is 0 Å². The van der Waals surface area contributed by atoms with Crippen LogP contribution in [-0.2, 0) is 7.05 Å². The van der Waals surface area contributed by atoms with E-state index in [9.17, 15) is 0 Å². The van der Waals surface area contributed by atoms with Crippen molar-refractivity contribution in [3.8, 4) is 12.1 Å². The van der Waals surface area contributed by atoms with Gasteiger partial charge in [0.15, 0.2) is 0 Å². The molecular formula is C10H9N3O. The van der Waals surface area contributed by atoms with Gasteiger partial charge in [-0.3, -0.25) is 4.57 Å². The molecule has 0 bridgehead atoms. The SMILES string of the molecule is COc1nc2cc(C#N)ccc2n1C. The van der Waals surface area contributed by atoms with Gasteiger partial charge in [0, 0.05) is 7.05 Å². The highest BCUT2D eigenvalue weighted by molar-refractivity contribution is 5.78. The number of hydrogen-bond acceptors (Lipinski definition) is 3. The van der Waals surface area contributed by atoms with Gasteiger partial charge in [-0.15, -0.1) is 0 Å². The summed E-state index contributed by atoms with van der Waals surface area (Å²) in [6.45, 7) is 0. The number of aromatic nitrogens is 2. The van der Waals surface area contributed by atoms with Gasteiger partial charge in [0.05, 0.1) is 29.8 Å². The van der Waals surface area contributed by atoms with Crippen LogP contribution in [0.4, 0.5) is 0 Å². The molecule has 70 valence electrons. The highest BCUT2D eigenvalue weighted by atomic mass is 16.5. The molecule has 14 heavy (non-hydrogen) atoms. The maximum absolute atomic E-state index is 8.71. The van der Waals surface area contributed by atoms with Gasteiger partial charge in [-0.05, 0) is 18.2 Å². The molecule has 2 rings (SSSR count). The van der Waals surface area contributed by atoms with Crippen molar-refractivity contribution < 1.29 is 4.74 Å². The van der Waals surface area contributed by atoms with Crippen LogP contribution in [-0.4, -0.2) is 16.7 Å². The van der Waals surface area contributed by atoms with E-state index in [1.807, 2.05) is 17.7 Å². The summed E-state index contributed by atoms with van der Waals surface area (Å²) in [7, 11) is 3.45. The van der Waals surface area contributed by atoms with Crippen molar-refractivity contribution in [3.63, 3.8) is 0 Å². The zero-order valence-electron chi connectivity index (χ0n) is 7.98. The molecule has 1 aromatic carbocycles. The molecule has 0 unspecified atom stereocenters. The zero-order chi connectivity index (χ0) is 10.1. The van der Waals surface area contributed by atoms with Crippen molar-refractivity contribution >= 4 is 11.0 Å². The molecule has 0 aliphatic heterocycles. The number of benzene rings is 1. The van der Waals surface area contributed by atoms with Gasteiger partial charge < -0.3 is 4.74 Å². The minimum Gasteiger partial charge on any atom is -0.468 e. The summed E-state index contributed by atoms with van der Waals surface area (Å²) in [4.78, 5) is 4.23. The summed E-state index contributed by atoms with van der Waals surface area (Å²) in [5.41, 5.74) is 2.35. The molecule has 0 spiro atoms. The van der Waals surface area contributed by atoms with E-state index in [-0.39, 0.29) is 0 Å². The number of hydrogen-bond donors (Lipinski definition) is 0. The third kappa shape index (κ3) is 1.11. The molecular weight excluding hydrogens is 178 g/mol. The fourth-order valence-corrected chi connectivity index (χ4v) is 1.43. The standard InChI is InChI=1S/C10H9N3O/c1-13-9-4-3-7(6-11)5-8(9)12-10(13)14-2/h3-5H,1-2H3. The minimum atomic E-state index is 0.551. The number of rotatable bonds is 1. The number of aryl methyl sites for hydroxylation is 1. The number of ether oxygens (including phenoxy) is 1. The molecule has 0 saturated heterocycles. The van der Waals surface area contributed by atoms with Crippen LogP contribution in [0.3, 0.4) is 0 Å². The van der Waals surface area contributed by atoms with Gasteiger partial charge in [-0.25, -0.2) is 0 Å². The normalized spacial score (nSPS) is 10.1. The molecule has 0 fully saturated rings. The Bertz CT molecular complexity index is 522. The average molecular weight is 187 g/mol. The predicted molar refractivity (Wildman–Crippen MR) is 52.0 cm³/mol. The van der Waals surface area contributed by atoms with Gasteiger partial charge in [-0.2, -0.15) is 10.2 Å². The van der Waals surface area contributed by atoms with Crippen molar-refractivity contribution in [2.75, 3.05) is 7.11 Å². The van der Waals surface area contributed by atoms with Crippen molar-refractivity contribution in [2.24, 2.45) is 7.05 Å². The van der Waals surface area contributed by atoms with E-state index >= 15 is 0 Å². The summed E-state index contributed by atoms with van der Waals surface area (Å²) in [6, 6.07) is 8.01. The predicted octanol–water partition coefficient (Wildman–Crippen LogP) is 1.45. The van der Waals surface area contributed by atoms with Crippen LogP contribution >= 0.6 is 0 Å². The lowest BCUT2D eigenvalue weighted by atomic mass is 10.2. The maximum atomic E-state index is 8.71. The fraction of sp³-hybridized carbons (Fsp3) is 0.200. The number of nitrogens with zero attached hydrogens (tertiary/aromatic N) is 3. The Morgan fingerprint density at radius 2 is 2.29 bits per heavy atom. The molecule has 0 atom stereocenters. The summed E-state index contributed by atoms with van der Waals surface area (Å²) >= 11 is 0. The lowest BCUT2D eigenvalue weighted by Gasteiger charge is -1.97. The Hall–Kier alpha value is -2.02. The number of fused-ring (bicyclic) bond motifs is 1. The second-order valence-corrected chi connectivity index (χ2v) is 2.97. The van der Waals surface area contributed by atoms with Gasteiger partial charge in [0.1, 0.15) is 0 Å². The Morgan fingerprint density at radius 1 is 1.50 bits per heavy atom. The van der Waals surface area contributed by atoms with Crippen LogP contribution in [0.2, 0.25) is 0 Å². The third-order valence-electron chi connectivity index (χ3n) is 2.15. The molecule has 1 aromatic heterocycles. The Balaban J connectivity index is 2.74. The molecule has 0 N–H and O–H groups in total. The summed E-state index contributed by atoms with van der Waals surface area (Å²) in [6.07, 6.45) is 0. The van der Waals surface area contributed by atoms with E-state index in [1.165, 1.54) is 0 Å². The molecule has 0 amide bonds. The topological polar surface area (TPSA) is 50.8 Å². The smallest absolute Gasteiger partial charge is 0.296 e. The van der Waals surface area contributed by atoms with E-state index in [0.717, 1.165) is 11.0 Å². The first-order valence-corrected chi connectivity index (χ1v) is 4.17. The second-order valence-electron chi connectivity index (χ2n) is 2.97. The van der Waals surface area contributed by atoms with Crippen LogP contribution in [0.25, 0.3) is 11.0 Å². The number of methoxy groups -OCH3 is 1. The Kier molecular flexibility index (Phi) is 1.86. The summed E-state index contributed by atoms with van der Waals surface area (Å²) in [5.74, 6) is 0. The number of nitriles is 1. The lowest BCUT2D eigenvalue weighted by molar-refractivity contribution is 0.368. The monoisotopic (exact) mass is 187 g/mol. The quantitative estimate of drug-likeness (QED) is 0.679. The van der Waals surface area contributed by atoms with Crippen molar-refractivity contribution in [1.29, 1.82) is 5.26 Å². The zero-order valence-corrected chi connectivity index (χ0v) is 7.98. The first kappa shape index (κ1) is 8.57. The number of imidazole rings is 1. The summed E-state index contributed by atoms with van der Waals surface area (Å²) in [5, 5.41) is 8.71. The maximum Gasteiger partial charge on any atom is 0.296 e.